The van der Waals surface area contributed by atoms with E-state index in [0.717, 1.165) is 64.5 Å². The van der Waals surface area contributed by atoms with Crippen molar-refractivity contribution in [2.45, 2.75) is 70.7 Å². The number of unbranched alkanes of at least 4 members (excludes halogenated alkanes) is 1. The summed E-state index contributed by atoms with van der Waals surface area (Å²) >= 11 is 0. The lowest BCUT2D eigenvalue weighted by Gasteiger charge is -2.25. The lowest BCUT2D eigenvalue weighted by molar-refractivity contribution is 0.0297. The SMILES string of the molecule is CCO[Si](C)(CCCNCCCCC(O)COCCC[Si](OC)(OC)OC)OCC. The van der Waals surface area contributed by atoms with Crippen molar-refractivity contribution in [2.24, 2.45) is 0 Å². The highest BCUT2D eigenvalue weighted by molar-refractivity contribution is 6.66. The van der Waals surface area contributed by atoms with Crippen LogP contribution in [0, 0.1) is 0 Å². The lowest BCUT2D eigenvalue weighted by Crippen LogP contribution is -2.42. The summed E-state index contributed by atoms with van der Waals surface area (Å²) in [5, 5.41) is 13.5. The van der Waals surface area contributed by atoms with Crippen molar-refractivity contribution >= 4 is 17.4 Å². The molecular formula is C20H47NO7Si2. The van der Waals surface area contributed by atoms with Crippen molar-refractivity contribution < 1.29 is 32.0 Å². The molecule has 182 valence electrons. The lowest BCUT2D eigenvalue weighted by atomic mass is 10.1. The molecule has 0 aromatic heterocycles. The number of nitrogens with one attached hydrogen (secondary N) is 1. The molecule has 0 saturated heterocycles. The first-order valence-corrected chi connectivity index (χ1v) is 15.8. The van der Waals surface area contributed by atoms with Gasteiger partial charge < -0.3 is 37.3 Å². The van der Waals surface area contributed by atoms with Crippen LogP contribution in [0.25, 0.3) is 0 Å². The van der Waals surface area contributed by atoms with Crippen LogP contribution in [0.3, 0.4) is 0 Å². The summed E-state index contributed by atoms with van der Waals surface area (Å²) in [5.41, 5.74) is 0. The Morgan fingerprint density at radius 3 is 2.00 bits per heavy atom. The number of hydrogen-bond donors (Lipinski definition) is 2. The van der Waals surface area contributed by atoms with Gasteiger partial charge in [0, 0.05) is 47.2 Å². The molecule has 0 spiro atoms. The van der Waals surface area contributed by atoms with Gasteiger partial charge in [-0.25, -0.2) is 0 Å². The molecule has 0 aromatic carbocycles. The Kier molecular flexibility index (Phi) is 18.7. The fraction of sp³-hybridized carbons (Fsp3) is 1.00. The van der Waals surface area contributed by atoms with E-state index >= 15 is 0 Å². The maximum atomic E-state index is 10.0. The highest BCUT2D eigenvalue weighted by atomic mass is 28.4. The predicted molar refractivity (Wildman–Crippen MR) is 124 cm³/mol. The fourth-order valence-electron chi connectivity index (χ4n) is 3.34. The summed E-state index contributed by atoms with van der Waals surface area (Å²) in [7, 11) is 0.334. The Hall–Kier alpha value is 0.114. The van der Waals surface area contributed by atoms with E-state index in [1.165, 1.54) is 0 Å². The number of rotatable bonds is 22. The molecule has 0 amide bonds. The van der Waals surface area contributed by atoms with Gasteiger partial charge in [0.25, 0.3) is 0 Å². The third-order valence-corrected chi connectivity index (χ3v) is 10.9. The Morgan fingerprint density at radius 2 is 1.43 bits per heavy atom. The predicted octanol–water partition coefficient (Wildman–Crippen LogP) is 2.93. The Labute approximate surface area is 186 Å². The van der Waals surface area contributed by atoms with Crippen LogP contribution in [0.4, 0.5) is 0 Å². The molecule has 0 saturated carbocycles. The van der Waals surface area contributed by atoms with Gasteiger partial charge in [0.05, 0.1) is 12.7 Å². The summed E-state index contributed by atoms with van der Waals surface area (Å²) in [6.45, 7) is 10.5. The maximum Gasteiger partial charge on any atom is 0.500 e. The average Bonchev–Trinajstić information content (AvgIpc) is 2.73. The van der Waals surface area contributed by atoms with Crippen LogP contribution < -0.4 is 5.32 Å². The van der Waals surface area contributed by atoms with Gasteiger partial charge in [-0.1, -0.05) is 0 Å². The minimum atomic E-state index is -2.52. The molecule has 2 N–H and O–H groups in total. The van der Waals surface area contributed by atoms with Gasteiger partial charge in [0.1, 0.15) is 0 Å². The maximum absolute atomic E-state index is 10.0. The molecule has 0 aliphatic carbocycles. The molecule has 0 aliphatic heterocycles. The zero-order valence-corrected chi connectivity index (χ0v) is 22.2. The van der Waals surface area contributed by atoms with Crippen LogP contribution in [-0.4, -0.2) is 89.4 Å². The van der Waals surface area contributed by atoms with Crippen molar-refractivity contribution in [1.29, 1.82) is 0 Å². The molecule has 0 aliphatic rings. The van der Waals surface area contributed by atoms with E-state index in [9.17, 15) is 5.11 Å². The first-order valence-electron chi connectivity index (χ1n) is 11.3. The third kappa shape index (κ3) is 14.2. The Morgan fingerprint density at radius 1 is 0.833 bits per heavy atom. The van der Waals surface area contributed by atoms with E-state index in [0.29, 0.717) is 19.3 Å². The topological polar surface area (TPSA) is 87.6 Å². The number of ether oxygens (including phenoxy) is 1. The van der Waals surface area contributed by atoms with E-state index in [1.807, 2.05) is 13.8 Å². The van der Waals surface area contributed by atoms with Gasteiger partial charge in [-0.15, -0.1) is 0 Å². The zero-order chi connectivity index (χ0) is 22.7. The summed E-state index contributed by atoms with van der Waals surface area (Å²) in [5.74, 6) is 0. The van der Waals surface area contributed by atoms with Gasteiger partial charge in [-0.3, -0.25) is 0 Å². The Bertz CT molecular complexity index is 376. The van der Waals surface area contributed by atoms with Crippen molar-refractivity contribution in [3.63, 3.8) is 0 Å². The standard InChI is InChI=1S/C20H47NO7Si2/c1-7-27-29(6,28-8-2)17-11-15-21-14-10-9-13-20(22)19-26-16-12-18-30(23-3,24-4)25-5/h20-22H,7-19H2,1-6H3. The molecule has 0 bridgehead atoms. The molecule has 30 heavy (non-hydrogen) atoms. The second-order valence-electron chi connectivity index (χ2n) is 7.48. The molecule has 1 atom stereocenters. The van der Waals surface area contributed by atoms with Gasteiger partial charge in [0.2, 0.25) is 0 Å². The minimum Gasteiger partial charge on any atom is -0.395 e. The van der Waals surface area contributed by atoms with Crippen LogP contribution in [0.5, 0.6) is 0 Å². The monoisotopic (exact) mass is 469 g/mol. The Balaban J connectivity index is 3.62. The number of aliphatic hydroxyl groups is 1. The fourth-order valence-corrected chi connectivity index (χ4v) is 7.44. The second-order valence-corrected chi connectivity index (χ2v) is 13.9. The van der Waals surface area contributed by atoms with Crippen LogP contribution in [0.2, 0.25) is 18.6 Å². The molecular weight excluding hydrogens is 422 g/mol. The average molecular weight is 470 g/mol. The molecule has 1 unspecified atom stereocenters. The van der Waals surface area contributed by atoms with Gasteiger partial charge in [0.15, 0.2) is 0 Å². The van der Waals surface area contributed by atoms with Crippen molar-refractivity contribution in [3.05, 3.63) is 0 Å². The smallest absolute Gasteiger partial charge is 0.395 e. The summed E-state index contributed by atoms with van der Waals surface area (Å²) in [4.78, 5) is 0. The largest absolute Gasteiger partial charge is 0.500 e. The normalized spacial score (nSPS) is 13.7. The van der Waals surface area contributed by atoms with E-state index in [4.69, 9.17) is 26.9 Å². The van der Waals surface area contributed by atoms with Crippen molar-refractivity contribution in [1.82, 2.24) is 5.32 Å². The van der Waals surface area contributed by atoms with E-state index in [2.05, 4.69) is 11.9 Å². The highest BCUT2D eigenvalue weighted by Crippen LogP contribution is 2.16. The molecule has 10 heteroatoms. The summed E-state index contributed by atoms with van der Waals surface area (Å²) in [6.07, 6.45) is 4.23. The molecule has 8 nitrogen and oxygen atoms in total. The van der Waals surface area contributed by atoms with Crippen LogP contribution >= 0.6 is 0 Å². The van der Waals surface area contributed by atoms with E-state index < -0.39 is 23.5 Å². The van der Waals surface area contributed by atoms with Crippen molar-refractivity contribution in [3.8, 4) is 0 Å². The zero-order valence-electron chi connectivity index (χ0n) is 20.2. The van der Waals surface area contributed by atoms with Crippen LogP contribution in [-0.2, 0) is 26.9 Å². The molecule has 0 rings (SSSR count). The first-order chi connectivity index (χ1) is 14.4. The first kappa shape index (κ1) is 30.1. The van der Waals surface area contributed by atoms with Crippen LogP contribution in [0.1, 0.15) is 46.0 Å². The van der Waals surface area contributed by atoms with E-state index in [-0.39, 0.29) is 0 Å². The summed E-state index contributed by atoms with van der Waals surface area (Å²) in [6, 6.07) is 1.72. The van der Waals surface area contributed by atoms with E-state index in [1.54, 1.807) is 21.3 Å². The molecule has 0 heterocycles. The second kappa shape index (κ2) is 18.7. The third-order valence-electron chi connectivity index (χ3n) is 5.04. The quantitative estimate of drug-likeness (QED) is 0.185. The molecule has 0 radical (unpaired) electrons. The van der Waals surface area contributed by atoms with Gasteiger partial charge in [-0.2, -0.15) is 0 Å². The minimum absolute atomic E-state index is 0.368. The molecule has 0 aromatic rings. The highest BCUT2D eigenvalue weighted by Gasteiger charge is 2.36. The summed E-state index contributed by atoms with van der Waals surface area (Å²) < 4.78 is 33.4. The van der Waals surface area contributed by atoms with Gasteiger partial charge >= 0.3 is 17.4 Å². The molecule has 0 fully saturated rings. The van der Waals surface area contributed by atoms with Crippen molar-refractivity contribution in [2.75, 3.05) is 60.8 Å². The number of aliphatic hydroxyl groups excluding tert-OH is 1. The van der Waals surface area contributed by atoms with Gasteiger partial charge in [-0.05, 0) is 71.6 Å². The number of hydrogen-bond acceptors (Lipinski definition) is 8. The van der Waals surface area contributed by atoms with Crippen LogP contribution in [0.15, 0.2) is 0 Å².